The second-order valence-corrected chi connectivity index (χ2v) is 5.44. The molecule has 0 aliphatic rings. The number of aryl methyl sites for hydroxylation is 1. The Labute approximate surface area is 139 Å². The standard InChI is InChI=1S/C17H20F2N4O/c1-3-4-5-8-20-17-21-11(2)9-15(23-17)16(24)22-12-6-7-13(18)14(19)10-12/h6-7,9-10H,3-5,8H2,1-2H3,(H,22,24)(H,20,21,23). The van der Waals surface area contributed by atoms with Gasteiger partial charge in [-0.3, -0.25) is 4.79 Å². The van der Waals surface area contributed by atoms with Crippen LogP contribution >= 0.6 is 0 Å². The Morgan fingerprint density at radius 3 is 2.62 bits per heavy atom. The molecule has 0 fully saturated rings. The first-order chi connectivity index (χ1) is 11.5. The third-order valence-corrected chi connectivity index (χ3v) is 3.33. The molecule has 128 valence electrons. The third kappa shape index (κ3) is 4.97. The predicted octanol–water partition coefficient (Wildman–Crippen LogP) is 3.92. The van der Waals surface area contributed by atoms with Crippen molar-refractivity contribution in [2.75, 3.05) is 17.2 Å². The number of amides is 1. The van der Waals surface area contributed by atoms with E-state index < -0.39 is 17.5 Å². The fraction of sp³-hybridized carbons (Fsp3) is 0.353. The van der Waals surface area contributed by atoms with Crippen LogP contribution in [0.25, 0.3) is 0 Å². The highest BCUT2D eigenvalue weighted by Gasteiger charge is 2.12. The maximum atomic E-state index is 13.2. The lowest BCUT2D eigenvalue weighted by Crippen LogP contribution is -2.16. The van der Waals surface area contributed by atoms with Gasteiger partial charge in [-0.15, -0.1) is 0 Å². The van der Waals surface area contributed by atoms with Crippen molar-refractivity contribution in [3.8, 4) is 0 Å². The minimum Gasteiger partial charge on any atom is -0.354 e. The molecule has 0 aliphatic heterocycles. The summed E-state index contributed by atoms with van der Waals surface area (Å²) in [5, 5.41) is 5.58. The SMILES string of the molecule is CCCCCNc1nc(C)cc(C(=O)Nc2ccc(F)c(F)c2)n1. The summed E-state index contributed by atoms with van der Waals surface area (Å²) in [4.78, 5) is 20.6. The number of unbranched alkanes of at least 4 members (excludes halogenated alkanes) is 2. The normalized spacial score (nSPS) is 10.5. The van der Waals surface area contributed by atoms with Crippen molar-refractivity contribution in [1.82, 2.24) is 9.97 Å². The maximum absolute atomic E-state index is 13.2. The molecule has 2 N–H and O–H groups in total. The van der Waals surface area contributed by atoms with E-state index in [2.05, 4.69) is 27.5 Å². The van der Waals surface area contributed by atoms with E-state index in [0.29, 0.717) is 11.6 Å². The Bertz CT molecular complexity index is 722. The zero-order chi connectivity index (χ0) is 17.5. The van der Waals surface area contributed by atoms with Crippen LogP contribution in [-0.4, -0.2) is 22.4 Å². The van der Waals surface area contributed by atoms with Gasteiger partial charge in [0.2, 0.25) is 5.95 Å². The predicted molar refractivity (Wildman–Crippen MR) is 89.1 cm³/mol. The van der Waals surface area contributed by atoms with Gasteiger partial charge in [-0.05, 0) is 31.5 Å². The highest BCUT2D eigenvalue weighted by Crippen LogP contribution is 2.14. The van der Waals surface area contributed by atoms with Gasteiger partial charge < -0.3 is 10.6 Å². The number of hydrogen-bond donors (Lipinski definition) is 2. The minimum atomic E-state index is -1.02. The third-order valence-electron chi connectivity index (χ3n) is 3.33. The van der Waals surface area contributed by atoms with Gasteiger partial charge in [0.15, 0.2) is 11.6 Å². The molecule has 1 heterocycles. The van der Waals surface area contributed by atoms with E-state index in [1.165, 1.54) is 12.1 Å². The number of anilines is 2. The van der Waals surface area contributed by atoms with Crippen LogP contribution in [0.15, 0.2) is 24.3 Å². The van der Waals surface area contributed by atoms with E-state index in [9.17, 15) is 13.6 Å². The number of halogens is 2. The van der Waals surface area contributed by atoms with Crippen molar-refractivity contribution in [1.29, 1.82) is 0 Å². The van der Waals surface area contributed by atoms with Crippen molar-refractivity contribution in [2.45, 2.75) is 33.1 Å². The second-order valence-electron chi connectivity index (χ2n) is 5.44. The summed E-state index contributed by atoms with van der Waals surface area (Å²) in [5.41, 5.74) is 0.955. The molecule has 7 heteroatoms. The van der Waals surface area contributed by atoms with Crippen molar-refractivity contribution in [2.24, 2.45) is 0 Å². The van der Waals surface area contributed by atoms with E-state index in [4.69, 9.17) is 0 Å². The molecule has 0 atom stereocenters. The summed E-state index contributed by atoms with van der Waals surface area (Å²) in [5.74, 6) is -2.13. The van der Waals surface area contributed by atoms with Crippen molar-refractivity contribution < 1.29 is 13.6 Å². The van der Waals surface area contributed by atoms with E-state index in [1.54, 1.807) is 6.92 Å². The molecule has 0 saturated heterocycles. The van der Waals surface area contributed by atoms with E-state index >= 15 is 0 Å². The largest absolute Gasteiger partial charge is 0.354 e. The molecule has 0 bridgehead atoms. The summed E-state index contributed by atoms with van der Waals surface area (Å²) in [6.45, 7) is 4.60. The molecule has 0 spiro atoms. The highest BCUT2D eigenvalue weighted by molar-refractivity contribution is 6.03. The van der Waals surface area contributed by atoms with Gasteiger partial charge >= 0.3 is 0 Å². The summed E-state index contributed by atoms with van der Waals surface area (Å²) in [7, 11) is 0. The van der Waals surface area contributed by atoms with Crippen molar-refractivity contribution >= 4 is 17.5 Å². The number of carbonyl (C=O) groups excluding carboxylic acids is 1. The molecule has 0 aliphatic carbocycles. The van der Waals surface area contributed by atoms with Gasteiger partial charge in [0.25, 0.3) is 5.91 Å². The zero-order valence-corrected chi connectivity index (χ0v) is 13.7. The fourth-order valence-electron chi connectivity index (χ4n) is 2.11. The summed E-state index contributed by atoms with van der Waals surface area (Å²) in [6, 6.07) is 4.70. The zero-order valence-electron chi connectivity index (χ0n) is 13.7. The van der Waals surface area contributed by atoms with Gasteiger partial charge in [-0.1, -0.05) is 19.8 Å². The van der Waals surface area contributed by atoms with Gasteiger partial charge in [-0.2, -0.15) is 0 Å². The molecule has 0 saturated carbocycles. The first kappa shape index (κ1) is 17.8. The average Bonchev–Trinajstić information content (AvgIpc) is 2.54. The molecule has 5 nitrogen and oxygen atoms in total. The molecule has 2 aromatic rings. The number of nitrogens with zero attached hydrogens (tertiary/aromatic N) is 2. The lowest BCUT2D eigenvalue weighted by molar-refractivity contribution is 0.102. The maximum Gasteiger partial charge on any atom is 0.274 e. The highest BCUT2D eigenvalue weighted by atomic mass is 19.2. The van der Waals surface area contributed by atoms with Gasteiger partial charge in [0, 0.05) is 24.0 Å². The monoisotopic (exact) mass is 334 g/mol. The van der Waals surface area contributed by atoms with Crippen LogP contribution in [0.5, 0.6) is 0 Å². The fourth-order valence-corrected chi connectivity index (χ4v) is 2.11. The molecular weight excluding hydrogens is 314 g/mol. The Morgan fingerprint density at radius 1 is 1.12 bits per heavy atom. The first-order valence-corrected chi connectivity index (χ1v) is 7.85. The van der Waals surface area contributed by atoms with Crippen molar-refractivity contribution in [3.05, 3.63) is 47.3 Å². The molecule has 1 aromatic heterocycles. The molecule has 24 heavy (non-hydrogen) atoms. The number of nitrogens with one attached hydrogen (secondary N) is 2. The number of rotatable bonds is 7. The summed E-state index contributed by atoms with van der Waals surface area (Å²) in [6.07, 6.45) is 3.20. The Kier molecular flexibility index (Phi) is 6.17. The van der Waals surface area contributed by atoms with Crippen LogP contribution in [0, 0.1) is 18.6 Å². The molecule has 0 radical (unpaired) electrons. The van der Waals surface area contributed by atoms with Crippen LogP contribution in [0.4, 0.5) is 20.4 Å². The molecule has 1 amide bonds. The van der Waals surface area contributed by atoms with E-state index in [1.807, 2.05) is 0 Å². The van der Waals surface area contributed by atoms with E-state index in [0.717, 1.165) is 37.9 Å². The number of aromatic nitrogens is 2. The van der Waals surface area contributed by atoms with Gasteiger partial charge in [-0.25, -0.2) is 18.7 Å². The van der Waals surface area contributed by atoms with Crippen LogP contribution in [-0.2, 0) is 0 Å². The van der Waals surface area contributed by atoms with E-state index in [-0.39, 0.29) is 11.4 Å². The second kappa shape index (κ2) is 8.33. The quantitative estimate of drug-likeness (QED) is 0.753. The van der Waals surface area contributed by atoms with Crippen LogP contribution in [0.2, 0.25) is 0 Å². The Morgan fingerprint density at radius 2 is 1.92 bits per heavy atom. The summed E-state index contributed by atoms with van der Waals surface area (Å²) < 4.78 is 26.1. The van der Waals surface area contributed by atoms with Crippen LogP contribution in [0.1, 0.15) is 42.4 Å². The van der Waals surface area contributed by atoms with Crippen LogP contribution in [0.3, 0.4) is 0 Å². The van der Waals surface area contributed by atoms with Crippen molar-refractivity contribution in [3.63, 3.8) is 0 Å². The smallest absolute Gasteiger partial charge is 0.274 e. The lowest BCUT2D eigenvalue weighted by Gasteiger charge is -2.09. The molecule has 1 aromatic carbocycles. The summed E-state index contributed by atoms with van der Waals surface area (Å²) >= 11 is 0. The van der Waals surface area contributed by atoms with Gasteiger partial charge in [0.1, 0.15) is 5.69 Å². The van der Waals surface area contributed by atoms with Gasteiger partial charge in [0.05, 0.1) is 0 Å². The number of carbonyl (C=O) groups is 1. The molecule has 2 rings (SSSR count). The number of hydrogen-bond acceptors (Lipinski definition) is 4. The lowest BCUT2D eigenvalue weighted by atomic mass is 10.2. The first-order valence-electron chi connectivity index (χ1n) is 7.85. The minimum absolute atomic E-state index is 0.158. The Balaban J connectivity index is 2.07. The molecular formula is C17H20F2N4O. The Hall–Kier alpha value is -2.57. The van der Waals surface area contributed by atoms with Crippen LogP contribution < -0.4 is 10.6 Å². The molecule has 0 unspecified atom stereocenters. The number of benzene rings is 1. The topological polar surface area (TPSA) is 66.9 Å². The average molecular weight is 334 g/mol.